The number of carbonyl (C=O) groups excluding carboxylic acids is 1. The Morgan fingerprint density at radius 1 is 1.23 bits per heavy atom. The molecule has 2 N–H and O–H groups in total. The minimum absolute atomic E-state index is 0.00611. The Hall–Kier alpha value is -2.30. The van der Waals surface area contributed by atoms with Crippen LogP contribution in [0.5, 0.6) is 0 Å². The number of hydrogen-bond acceptors (Lipinski definition) is 4. The third-order valence-electron chi connectivity index (χ3n) is 4.57. The molecule has 0 fully saturated rings. The molecule has 0 unspecified atom stereocenters. The van der Waals surface area contributed by atoms with Crippen LogP contribution in [0.25, 0.3) is 22.3 Å². The molecule has 0 saturated heterocycles. The van der Waals surface area contributed by atoms with Crippen LogP contribution in [-0.2, 0) is 16.6 Å². The summed E-state index contributed by atoms with van der Waals surface area (Å²) >= 11 is 3.40. The first-order valence-electron chi connectivity index (χ1n) is 8.93. The van der Waals surface area contributed by atoms with Gasteiger partial charge in [0.05, 0.1) is 18.5 Å². The number of amides is 1. The molecule has 6 nitrogen and oxygen atoms in total. The SMILES string of the molecule is CS(=O)(=O)N(CCCF)Cc1cc2oc(-c3ccc(F)cc3)c(C(N)=O)c2cc1Br. The van der Waals surface area contributed by atoms with Crippen LogP contribution in [0, 0.1) is 5.82 Å². The number of carbonyl (C=O) groups is 1. The van der Waals surface area contributed by atoms with Crippen molar-refractivity contribution in [2.45, 2.75) is 13.0 Å². The van der Waals surface area contributed by atoms with E-state index in [2.05, 4.69) is 15.9 Å². The van der Waals surface area contributed by atoms with E-state index in [0.29, 0.717) is 26.6 Å². The lowest BCUT2D eigenvalue weighted by molar-refractivity contribution is 0.100. The van der Waals surface area contributed by atoms with Gasteiger partial charge in [0.1, 0.15) is 17.2 Å². The summed E-state index contributed by atoms with van der Waals surface area (Å²) in [5.74, 6) is -0.956. The lowest BCUT2D eigenvalue weighted by atomic mass is 10.0. The van der Waals surface area contributed by atoms with Gasteiger partial charge in [0.25, 0.3) is 5.91 Å². The number of hydrogen-bond donors (Lipinski definition) is 1. The minimum Gasteiger partial charge on any atom is -0.455 e. The quantitative estimate of drug-likeness (QED) is 0.500. The first-order valence-corrected chi connectivity index (χ1v) is 11.6. The summed E-state index contributed by atoms with van der Waals surface area (Å²) in [4.78, 5) is 12.1. The molecule has 1 amide bonds. The van der Waals surface area contributed by atoms with Crippen molar-refractivity contribution in [3.8, 4) is 11.3 Å². The standard InChI is InChI=1S/C20H19BrF2N2O4S/c1-30(27,28)25(8-2-7-22)11-13-9-17-15(10-16(13)21)18(20(24)26)19(29-17)12-3-5-14(23)6-4-12/h3-6,9-10H,2,7-8,11H2,1H3,(H2,24,26). The molecule has 30 heavy (non-hydrogen) atoms. The van der Waals surface area contributed by atoms with E-state index in [1.54, 1.807) is 12.1 Å². The fraction of sp³-hybridized carbons (Fsp3) is 0.250. The Labute approximate surface area is 180 Å². The van der Waals surface area contributed by atoms with Gasteiger partial charge in [-0.3, -0.25) is 9.18 Å². The molecule has 0 bridgehead atoms. The minimum atomic E-state index is -3.56. The molecule has 2 aromatic carbocycles. The van der Waals surface area contributed by atoms with E-state index in [0.717, 1.165) is 10.6 Å². The summed E-state index contributed by atoms with van der Waals surface area (Å²) in [6.45, 7) is -0.605. The Kier molecular flexibility index (Phi) is 6.59. The molecular weight excluding hydrogens is 482 g/mol. The number of benzene rings is 2. The van der Waals surface area contributed by atoms with Gasteiger partial charge in [-0.05, 0) is 48.4 Å². The van der Waals surface area contributed by atoms with Crippen LogP contribution in [0.15, 0.2) is 45.3 Å². The highest BCUT2D eigenvalue weighted by Gasteiger charge is 2.23. The van der Waals surface area contributed by atoms with E-state index in [1.165, 1.54) is 24.3 Å². The predicted octanol–water partition coefficient (Wildman–Crippen LogP) is 4.22. The summed E-state index contributed by atoms with van der Waals surface area (Å²) in [5.41, 5.74) is 7.07. The number of alkyl halides is 1. The maximum Gasteiger partial charge on any atom is 0.253 e. The number of rotatable bonds is 8. The van der Waals surface area contributed by atoms with Crippen LogP contribution in [0.3, 0.4) is 0 Å². The van der Waals surface area contributed by atoms with Crippen molar-refractivity contribution >= 4 is 42.8 Å². The molecule has 0 saturated carbocycles. The highest BCUT2D eigenvalue weighted by Crippen LogP contribution is 2.36. The van der Waals surface area contributed by atoms with E-state index < -0.39 is 28.4 Å². The monoisotopic (exact) mass is 500 g/mol. The van der Waals surface area contributed by atoms with Gasteiger partial charge in [-0.1, -0.05) is 15.9 Å². The largest absolute Gasteiger partial charge is 0.455 e. The molecule has 1 heterocycles. The summed E-state index contributed by atoms with van der Waals surface area (Å²) in [6.07, 6.45) is 1.14. The Morgan fingerprint density at radius 3 is 2.47 bits per heavy atom. The van der Waals surface area contributed by atoms with E-state index in [-0.39, 0.29) is 30.8 Å². The second kappa shape index (κ2) is 8.83. The average Bonchev–Trinajstić information content (AvgIpc) is 3.03. The van der Waals surface area contributed by atoms with Gasteiger partial charge in [-0.2, -0.15) is 4.31 Å². The molecule has 3 aromatic rings. The first-order chi connectivity index (χ1) is 14.1. The molecular formula is C20H19BrF2N2O4S. The maximum absolute atomic E-state index is 13.3. The van der Waals surface area contributed by atoms with Crippen molar-refractivity contribution in [2.75, 3.05) is 19.5 Å². The van der Waals surface area contributed by atoms with Crippen molar-refractivity contribution in [1.29, 1.82) is 0 Å². The fourth-order valence-corrected chi connectivity index (χ4v) is 4.42. The van der Waals surface area contributed by atoms with Gasteiger partial charge in [-0.15, -0.1) is 0 Å². The molecule has 0 aliphatic heterocycles. The van der Waals surface area contributed by atoms with Crippen molar-refractivity contribution in [3.63, 3.8) is 0 Å². The molecule has 0 spiro atoms. The summed E-state index contributed by atoms with van der Waals surface area (Å²) < 4.78 is 57.5. The molecule has 1 aromatic heterocycles. The Bertz CT molecular complexity index is 1190. The molecule has 3 rings (SSSR count). The lowest BCUT2D eigenvalue weighted by Crippen LogP contribution is -2.30. The molecule has 0 atom stereocenters. The van der Waals surface area contributed by atoms with E-state index >= 15 is 0 Å². The summed E-state index contributed by atoms with van der Waals surface area (Å²) in [5, 5.41) is 0.437. The number of sulfonamides is 1. The predicted molar refractivity (Wildman–Crippen MR) is 114 cm³/mol. The smallest absolute Gasteiger partial charge is 0.253 e. The normalized spacial score (nSPS) is 12.0. The van der Waals surface area contributed by atoms with Gasteiger partial charge in [0.15, 0.2) is 0 Å². The number of nitrogens with two attached hydrogens (primary N) is 1. The van der Waals surface area contributed by atoms with Gasteiger partial charge >= 0.3 is 0 Å². The van der Waals surface area contributed by atoms with Crippen LogP contribution in [-0.4, -0.2) is 38.1 Å². The van der Waals surface area contributed by atoms with Crippen LogP contribution >= 0.6 is 15.9 Å². The Morgan fingerprint density at radius 2 is 1.90 bits per heavy atom. The number of fused-ring (bicyclic) bond motifs is 1. The topological polar surface area (TPSA) is 93.6 Å². The molecule has 0 aliphatic rings. The maximum atomic E-state index is 13.3. The highest BCUT2D eigenvalue weighted by atomic mass is 79.9. The zero-order valence-electron chi connectivity index (χ0n) is 16.0. The van der Waals surface area contributed by atoms with Gasteiger partial charge in [-0.25, -0.2) is 12.8 Å². The number of halogens is 3. The van der Waals surface area contributed by atoms with Crippen molar-refractivity contribution < 1.29 is 26.4 Å². The van der Waals surface area contributed by atoms with Crippen molar-refractivity contribution in [1.82, 2.24) is 4.31 Å². The molecule has 0 aliphatic carbocycles. The van der Waals surface area contributed by atoms with Crippen molar-refractivity contribution in [3.05, 3.63) is 57.8 Å². The third kappa shape index (κ3) is 4.71. The lowest BCUT2D eigenvalue weighted by Gasteiger charge is -2.20. The van der Waals surface area contributed by atoms with Gasteiger partial charge < -0.3 is 10.2 Å². The zero-order valence-corrected chi connectivity index (χ0v) is 18.4. The fourth-order valence-electron chi connectivity index (χ4n) is 3.12. The highest BCUT2D eigenvalue weighted by molar-refractivity contribution is 9.10. The van der Waals surface area contributed by atoms with Crippen LogP contribution in [0.4, 0.5) is 8.78 Å². The number of nitrogens with zero attached hydrogens (tertiary/aromatic N) is 1. The first kappa shape index (κ1) is 22.4. The van der Waals surface area contributed by atoms with E-state index in [4.69, 9.17) is 10.2 Å². The van der Waals surface area contributed by atoms with E-state index in [1.807, 2.05) is 0 Å². The molecule has 10 heteroatoms. The number of primary amides is 1. The summed E-state index contributed by atoms with van der Waals surface area (Å²) in [6, 6.07) is 8.64. The number of furan rings is 1. The van der Waals surface area contributed by atoms with Crippen molar-refractivity contribution in [2.24, 2.45) is 5.73 Å². The second-order valence-electron chi connectivity index (χ2n) is 6.76. The summed E-state index contributed by atoms with van der Waals surface area (Å²) in [7, 11) is -3.56. The van der Waals surface area contributed by atoms with Crippen LogP contribution < -0.4 is 5.73 Å². The third-order valence-corrected chi connectivity index (χ3v) is 6.55. The van der Waals surface area contributed by atoms with Gasteiger partial charge in [0, 0.05) is 28.5 Å². The van der Waals surface area contributed by atoms with Gasteiger partial charge in [0.2, 0.25) is 10.0 Å². The molecule has 160 valence electrons. The Balaban J connectivity index is 2.11. The average molecular weight is 501 g/mol. The zero-order chi connectivity index (χ0) is 22.1. The van der Waals surface area contributed by atoms with E-state index in [9.17, 15) is 22.0 Å². The second-order valence-corrected chi connectivity index (χ2v) is 9.59. The van der Waals surface area contributed by atoms with Crippen LogP contribution in [0.2, 0.25) is 0 Å². The van der Waals surface area contributed by atoms with Crippen LogP contribution in [0.1, 0.15) is 22.3 Å². The molecule has 0 radical (unpaired) electrons.